The molecular weight excluding hydrogens is 387 g/mol. The summed E-state index contributed by atoms with van der Waals surface area (Å²) in [5.41, 5.74) is -2.69. The van der Waals surface area contributed by atoms with E-state index in [0.717, 1.165) is 5.69 Å². The van der Waals surface area contributed by atoms with Crippen molar-refractivity contribution in [1.82, 2.24) is 10.6 Å². The Hall–Kier alpha value is -3.07. The Balaban J connectivity index is 2.13. The average molecular weight is 407 g/mol. The van der Waals surface area contributed by atoms with Crippen molar-refractivity contribution >= 4 is 17.5 Å². The summed E-state index contributed by atoms with van der Waals surface area (Å²) in [6.07, 6.45) is -5.28. The summed E-state index contributed by atoms with van der Waals surface area (Å²) < 4.78 is 41.5. The number of nitrogens with zero attached hydrogens (tertiary/aromatic N) is 1. The van der Waals surface area contributed by atoms with Crippen LogP contribution in [0.1, 0.15) is 22.0 Å². The van der Waals surface area contributed by atoms with E-state index < -0.39 is 35.7 Å². The van der Waals surface area contributed by atoms with Crippen molar-refractivity contribution in [2.45, 2.75) is 17.9 Å². The molecule has 6 nitrogen and oxygen atoms in total. The number of carbonyl (C=O) groups is 2. The van der Waals surface area contributed by atoms with Gasteiger partial charge in [0.1, 0.15) is 5.92 Å². The van der Waals surface area contributed by atoms with E-state index >= 15 is 0 Å². The third-order valence-electron chi connectivity index (χ3n) is 4.92. The van der Waals surface area contributed by atoms with Crippen molar-refractivity contribution in [3.63, 3.8) is 0 Å². The summed E-state index contributed by atoms with van der Waals surface area (Å²) in [7, 11) is 3.59. The summed E-state index contributed by atoms with van der Waals surface area (Å²) in [5.74, 6) is -2.98. The van der Waals surface area contributed by atoms with Gasteiger partial charge in [0.25, 0.3) is 0 Å². The maximum atomic E-state index is 13.8. The Morgan fingerprint density at radius 1 is 1.07 bits per heavy atom. The highest BCUT2D eigenvalue weighted by atomic mass is 19.4. The van der Waals surface area contributed by atoms with Crippen molar-refractivity contribution in [1.29, 1.82) is 0 Å². The Morgan fingerprint density at radius 3 is 2.17 bits per heavy atom. The molecule has 1 saturated heterocycles. The van der Waals surface area contributed by atoms with E-state index in [4.69, 9.17) is 0 Å². The van der Waals surface area contributed by atoms with Crippen LogP contribution in [0.25, 0.3) is 0 Å². The lowest BCUT2D eigenvalue weighted by atomic mass is 9.77. The first kappa shape index (κ1) is 20.7. The molecule has 1 heterocycles. The third kappa shape index (κ3) is 3.77. The van der Waals surface area contributed by atoms with Crippen LogP contribution in [-0.4, -0.2) is 42.9 Å². The molecule has 3 rings (SSSR count). The smallest absolute Gasteiger partial charge is 0.378 e. The molecular formula is C20H20F3N3O3. The van der Waals surface area contributed by atoms with Gasteiger partial charge in [-0.3, -0.25) is 4.79 Å². The molecule has 0 spiro atoms. The SMILES string of the molecule is CN(C)c1ccc(C2NC(=O)NC(O)(C(F)(F)F)C2C(=O)c2ccccc2)cc1. The monoisotopic (exact) mass is 407 g/mol. The molecule has 9 heteroatoms. The second-order valence-electron chi connectivity index (χ2n) is 7.03. The molecule has 0 radical (unpaired) electrons. The molecule has 154 valence electrons. The van der Waals surface area contributed by atoms with Gasteiger partial charge in [-0.25, -0.2) is 4.79 Å². The maximum Gasteiger partial charge on any atom is 0.437 e. The molecule has 2 aromatic carbocycles. The highest BCUT2D eigenvalue weighted by Crippen LogP contribution is 2.44. The molecule has 3 unspecified atom stereocenters. The van der Waals surface area contributed by atoms with Gasteiger partial charge in [-0.05, 0) is 17.7 Å². The molecule has 0 aliphatic carbocycles. The number of alkyl halides is 3. The summed E-state index contributed by atoms with van der Waals surface area (Å²) in [5, 5.41) is 14.4. The second-order valence-corrected chi connectivity index (χ2v) is 7.03. The van der Waals surface area contributed by atoms with E-state index in [9.17, 15) is 27.9 Å². The molecule has 1 aliphatic heterocycles. The largest absolute Gasteiger partial charge is 0.437 e. The number of halogens is 3. The first-order valence-corrected chi connectivity index (χ1v) is 8.79. The fourth-order valence-electron chi connectivity index (χ4n) is 3.38. The van der Waals surface area contributed by atoms with Crippen LogP contribution in [0.5, 0.6) is 0 Å². The van der Waals surface area contributed by atoms with E-state index in [1.54, 1.807) is 37.2 Å². The van der Waals surface area contributed by atoms with Crippen LogP contribution in [0.15, 0.2) is 54.6 Å². The average Bonchev–Trinajstić information content (AvgIpc) is 2.67. The fourth-order valence-corrected chi connectivity index (χ4v) is 3.38. The lowest BCUT2D eigenvalue weighted by molar-refractivity contribution is -0.287. The standard InChI is InChI=1S/C20H20F3N3O3/c1-26(2)14-10-8-12(9-11-14)16-15(17(27)13-6-4-3-5-7-13)19(29,20(21,22)23)25-18(28)24-16/h3-11,15-16,29H,1-2H3,(H2,24,25,28). The molecule has 2 amide bonds. The maximum absolute atomic E-state index is 13.8. The number of carbonyl (C=O) groups excluding carboxylic acids is 2. The molecule has 0 aromatic heterocycles. The van der Waals surface area contributed by atoms with Crippen molar-refractivity contribution in [3.05, 3.63) is 65.7 Å². The predicted molar refractivity (Wildman–Crippen MR) is 100 cm³/mol. The normalized spacial score (nSPS) is 24.4. The second kappa shape index (κ2) is 7.40. The lowest BCUT2D eigenvalue weighted by Crippen LogP contribution is -2.72. The summed E-state index contributed by atoms with van der Waals surface area (Å²) in [6.45, 7) is 0. The van der Waals surface area contributed by atoms with Gasteiger partial charge < -0.3 is 20.6 Å². The molecule has 3 atom stereocenters. The van der Waals surface area contributed by atoms with Crippen LogP contribution in [0.2, 0.25) is 0 Å². The number of Topliss-reactive ketones (excluding diaryl/α,β-unsaturated/α-hetero) is 1. The quantitative estimate of drug-likeness (QED) is 0.681. The number of urea groups is 1. The van der Waals surface area contributed by atoms with Gasteiger partial charge in [0.05, 0.1) is 6.04 Å². The zero-order chi connectivity index (χ0) is 21.4. The van der Waals surface area contributed by atoms with Gasteiger partial charge in [-0.15, -0.1) is 0 Å². The van der Waals surface area contributed by atoms with Crippen LogP contribution >= 0.6 is 0 Å². The summed E-state index contributed by atoms with van der Waals surface area (Å²) in [4.78, 5) is 26.9. The van der Waals surface area contributed by atoms with Gasteiger partial charge in [0, 0.05) is 25.3 Å². The zero-order valence-corrected chi connectivity index (χ0v) is 15.7. The van der Waals surface area contributed by atoms with Crippen molar-refractivity contribution in [2.24, 2.45) is 5.92 Å². The third-order valence-corrected chi connectivity index (χ3v) is 4.92. The van der Waals surface area contributed by atoms with Gasteiger partial charge >= 0.3 is 12.2 Å². The van der Waals surface area contributed by atoms with Crippen molar-refractivity contribution in [2.75, 3.05) is 19.0 Å². The molecule has 3 N–H and O–H groups in total. The van der Waals surface area contributed by atoms with Gasteiger partial charge in [0.2, 0.25) is 5.72 Å². The molecule has 29 heavy (non-hydrogen) atoms. The van der Waals surface area contributed by atoms with Crippen LogP contribution in [0, 0.1) is 5.92 Å². The number of ketones is 1. The van der Waals surface area contributed by atoms with Crippen molar-refractivity contribution in [3.8, 4) is 0 Å². The Bertz CT molecular complexity index is 901. The minimum Gasteiger partial charge on any atom is -0.378 e. The first-order valence-electron chi connectivity index (χ1n) is 8.79. The Labute approximate surface area is 165 Å². The van der Waals surface area contributed by atoms with E-state index in [1.807, 2.05) is 0 Å². The van der Waals surface area contributed by atoms with Gasteiger partial charge in [-0.2, -0.15) is 13.2 Å². The highest BCUT2D eigenvalue weighted by Gasteiger charge is 2.66. The number of nitrogens with one attached hydrogen (secondary N) is 2. The number of amides is 2. The van der Waals surface area contributed by atoms with Crippen LogP contribution in [0.4, 0.5) is 23.7 Å². The predicted octanol–water partition coefficient (Wildman–Crippen LogP) is 2.86. The number of hydrogen-bond acceptors (Lipinski definition) is 4. The Kier molecular flexibility index (Phi) is 5.27. The minimum atomic E-state index is -5.28. The minimum absolute atomic E-state index is 0.00645. The molecule has 0 bridgehead atoms. The molecule has 2 aromatic rings. The Morgan fingerprint density at radius 2 is 1.66 bits per heavy atom. The number of hydrogen-bond donors (Lipinski definition) is 3. The van der Waals surface area contributed by atoms with E-state index in [-0.39, 0.29) is 11.1 Å². The zero-order valence-electron chi connectivity index (χ0n) is 15.7. The first-order chi connectivity index (χ1) is 13.5. The number of anilines is 1. The molecule has 1 aliphatic rings. The number of rotatable bonds is 4. The fraction of sp³-hybridized carbons (Fsp3) is 0.300. The van der Waals surface area contributed by atoms with Gasteiger partial charge in [0.15, 0.2) is 5.78 Å². The number of benzene rings is 2. The topological polar surface area (TPSA) is 81.7 Å². The van der Waals surface area contributed by atoms with Crippen molar-refractivity contribution < 1.29 is 27.9 Å². The molecule has 1 fully saturated rings. The molecule has 0 saturated carbocycles. The van der Waals surface area contributed by atoms with Crippen LogP contribution < -0.4 is 15.5 Å². The highest BCUT2D eigenvalue weighted by molar-refractivity contribution is 6.00. The lowest BCUT2D eigenvalue weighted by Gasteiger charge is -2.45. The summed E-state index contributed by atoms with van der Waals surface area (Å²) in [6, 6.07) is 11.1. The number of aliphatic hydroxyl groups is 1. The van der Waals surface area contributed by atoms with Crippen LogP contribution in [-0.2, 0) is 0 Å². The van der Waals surface area contributed by atoms with E-state index in [0.29, 0.717) is 0 Å². The van der Waals surface area contributed by atoms with Crippen LogP contribution in [0.3, 0.4) is 0 Å². The summed E-state index contributed by atoms with van der Waals surface area (Å²) >= 11 is 0. The van der Waals surface area contributed by atoms with E-state index in [2.05, 4.69) is 5.32 Å². The van der Waals surface area contributed by atoms with Gasteiger partial charge in [-0.1, -0.05) is 42.5 Å². The van der Waals surface area contributed by atoms with E-state index in [1.165, 1.54) is 41.7 Å².